The van der Waals surface area contributed by atoms with E-state index < -0.39 is 5.97 Å². The molecule has 1 atom stereocenters. The number of carbonyl (C=O) groups excluding carboxylic acids is 2. The first-order valence-electron chi connectivity index (χ1n) is 12.7. The van der Waals surface area contributed by atoms with Crippen molar-refractivity contribution in [3.05, 3.63) is 53.7 Å². The molecule has 2 heterocycles. The Kier molecular flexibility index (Phi) is 9.27. The molecule has 2 aromatic carbocycles. The van der Waals surface area contributed by atoms with Crippen LogP contribution in [-0.4, -0.2) is 69.2 Å². The highest BCUT2D eigenvalue weighted by Crippen LogP contribution is 2.41. The largest absolute Gasteiger partial charge is 0.493 e. The summed E-state index contributed by atoms with van der Waals surface area (Å²) in [5.41, 5.74) is 2.20. The van der Waals surface area contributed by atoms with Crippen LogP contribution in [0, 0.1) is 0 Å². The van der Waals surface area contributed by atoms with Gasteiger partial charge in [0.25, 0.3) is 0 Å². The third-order valence-electron chi connectivity index (χ3n) is 6.24. The number of rotatable bonds is 11. The number of nitrogens with zero attached hydrogens (tertiary/aromatic N) is 2. The van der Waals surface area contributed by atoms with Crippen LogP contribution in [0.2, 0.25) is 0 Å². The van der Waals surface area contributed by atoms with Gasteiger partial charge in [-0.1, -0.05) is 5.16 Å². The van der Waals surface area contributed by atoms with Gasteiger partial charge >= 0.3 is 12.0 Å². The predicted octanol–water partition coefficient (Wildman–Crippen LogP) is 4.76. The molecule has 11 nitrogen and oxygen atoms in total. The molecule has 208 valence electrons. The van der Waals surface area contributed by atoms with Gasteiger partial charge in [-0.3, -0.25) is 0 Å². The van der Waals surface area contributed by atoms with E-state index in [1.165, 1.54) is 7.11 Å². The topological polar surface area (TPSA) is 122 Å². The lowest BCUT2D eigenvalue weighted by atomic mass is 10.1. The van der Waals surface area contributed by atoms with Gasteiger partial charge in [0.15, 0.2) is 17.3 Å². The second-order valence-electron chi connectivity index (χ2n) is 8.84. The number of ether oxygens (including phenoxy) is 5. The van der Waals surface area contributed by atoms with E-state index in [1.807, 2.05) is 0 Å². The van der Waals surface area contributed by atoms with Crippen molar-refractivity contribution in [2.45, 2.75) is 32.4 Å². The third-order valence-corrected chi connectivity index (χ3v) is 6.24. The minimum absolute atomic E-state index is 0.0663. The summed E-state index contributed by atoms with van der Waals surface area (Å²) in [7, 11) is 4.62. The van der Waals surface area contributed by atoms with Crippen LogP contribution in [0.4, 0.5) is 10.5 Å². The lowest BCUT2D eigenvalue weighted by molar-refractivity contribution is 0.0526. The number of aromatic nitrogens is 1. The molecular weight excluding hydrogens is 506 g/mol. The number of benzene rings is 2. The molecule has 11 heteroatoms. The number of hydrogen-bond acceptors (Lipinski definition) is 9. The van der Waals surface area contributed by atoms with Gasteiger partial charge in [0.1, 0.15) is 5.69 Å². The molecule has 2 amide bonds. The summed E-state index contributed by atoms with van der Waals surface area (Å²) >= 11 is 0. The van der Waals surface area contributed by atoms with E-state index in [9.17, 15) is 9.59 Å². The molecule has 0 bridgehead atoms. The minimum atomic E-state index is -0.413. The summed E-state index contributed by atoms with van der Waals surface area (Å²) in [6.45, 7) is 3.29. The van der Waals surface area contributed by atoms with Crippen molar-refractivity contribution in [2.24, 2.45) is 0 Å². The highest BCUT2D eigenvalue weighted by molar-refractivity contribution is 5.92. The molecule has 0 saturated carbocycles. The SMILES string of the molecule is CCOC(=O)c1ccc(NC(=O)N(Cc2cc(-c3cc(OC)c(OC)c(OC)c3)on2)C[C@H]2CCCO2)cc1. The van der Waals surface area contributed by atoms with Gasteiger partial charge in [-0.25, -0.2) is 9.59 Å². The first-order chi connectivity index (χ1) is 18.9. The number of amides is 2. The Morgan fingerprint density at radius 1 is 1.05 bits per heavy atom. The van der Waals surface area contributed by atoms with Crippen molar-refractivity contribution in [3.63, 3.8) is 0 Å². The minimum Gasteiger partial charge on any atom is -0.493 e. The van der Waals surface area contributed by atoms with Crippen molar-refractivity contribution >= 4 is 17.7 Å². The Morgan fingerprint density at radius 3 is 2.36 bits per heavy atom. The Hall–Kier alpha value is -4.25. The monoisotopic (exact) mass is 539 g/mol. The van der Waals surface area contributed by atoms with Gasteiger partial charge in [-0.2, -0.15) is 0 Å². The van der Waals surface area contributed by atoms with Crippen molar-refractivity contribution in [1.29, 1.82) is 0 Å². The number of esters is 1. The summed E-state index contributed by atoms with van der Waals surface area (Å²) in [6, 6.07) is 11.5. The van der Waals surface area contributed by atoms with Crippen LogP contribution in [0.25, 0.3) is 11.3 Å². The summed E-state index contributed by atoms with van der Waals surface area (Å²) in [5.74, 6) is 1.51. The maximum atomic E-state index is 13.3. The number of urea groups is 1. The highest BCUT2D eigenvalue weighted by atomic mass is 16.5. The standard InChI is InChI=1S/C28H33N3O8/c1-5-37-27(32)18-8-10-20(11-9-18)29-28(33)31(17-22-7-6-12-38-22)16-21-15-23(39-30-21)19-13-24(34-2)26(36-4)25(14-19)35-3/h8-11,13-15,22H,5-7,12,16-17H2,1-4H3,(H,29,33)/t22-/m1/s1. The maximum Gasteiger partial charge on any atom is 0.338 e. The highest BCUT2D eigenvalue weighted by Gasteiger charge is 2.25. The van der Waals surface area contributed by atoms with E-state index in [2.05, 4.69) is 10.5 Å². The smallest absolute Gasteiger partial charge is 0.338 e. The molecular formula is C28H33N3O8. The molecule has 1 saturated heterocycles. The van der Waals surface area contributed by atoms with E-state index in [0.29, 0.717) is 65.3 Å². The number of nitrogens with one attached hydrogen (secondary N) is 1. The van der Waals surface area contributed by atoms with E-state index in [1.54, 1.807) is 68.5 Å². The molecule has 4 rings (SSSR count). The molecule has 3 aromatic rings. The molecule has 0 aliphatic carbocycles. The van der Waals surface area contributed by atoms with Crippen LogP contribution in [0.3, 0.4) is 0 Å². The second kappa shape index (κ2) is 13.0. The third kappa shape index (κ3) is 6.80. The Morgan fingerprint density at radius 2 is 1.77 bits per heavy atom. The zero-order valence-electron chi connectivity index (χ0n) is 22.5. The summed E-state index contributed by atoms with van der Waals surface area (Å²) < 4.78 is 32.7. The molecule has 39 heavy (non-hydrogen) atoms. The van der Waals surface area contributed by atoms with Crippen molar-refractivity contribution in [1.82, 2.24) is 10.1 Å². The first kappa shape index (κ1) is 27.8. The normalized spacial score (nSPS) is 14.5. The van der Waals surface area contributed by atoms with E-state index in [4.69, 9.17) is 28.2 Å². The van der Waals surface area contributed by atoms with Gasteiger partial charge < -0.3 is 38.4 Å². The fourth-order valence-corrected chi connectivity index (χ4v) is 4.30. The van der Waals surface area contributed by atoms with Crippen LogP contribution >= 0.6 is 0 Å². The van der Waals surface area contributed by atoms with Crippen LogP contribution in [-0.2, 0) is 16.0 Å². The van der Waals surface area contributed by atoms with Crippen LogP contribution in [0.15, 0.2) is 47.0 Å². The van der Waals surface area contributed by atoms with Gasteiger partial charge in [-0.15, -0.1) is 0 Å². The lowest BCUT2D eigenvalue weighted by Crippen LogP contribution is -2.39. The molecule has 0 spiro atoms. The van der Waals surface area contributed by atoms with Crippen LogP contribution < -0.4 is 19.5 Å². The molecule has 1 aliphatic heterocycles. The Balaban J connectivity index is 1.51. The fraction of sp³-hybridized carbons (Fsp3) is 0.393. The molecule has 1 aromatic heterocycles. The van der Waals surface area contributed by atoms with Crippen LogP contribution in [0.5, 0.6) is 17.2 Å². The quantitative estimate of drug-likeness (QED) is 0.344. The van der Waals surface area contributed by atoms with Gasteiger partial charge in [-0.05, 0) is 56.2 Å². The van der Waals surface area contributed by atoms with Gasteiger partial charge in [0.2, 0.25) is 5.75 Å². The number of hydrogen-bond donors (Lipinski definition) is 1. The first-order valence-corrected chi connectivity index (χ1v) is 12.7. The van der Waals surface area contributed by atoms with Crippen LogP contribution in [0.1, 0.15) is 35.8 Å². The lowest BCUT2D eigenvalue weighted by Gasteiger charge is -2.25. The number of anilines is 1. The van der Waals surface area contributed by atoms with E-state index in [-0.39, 0.29) is 18.7 Å². The van der Waals surface area contributed by atoms with Crippen molar-refractivity contribution in [3.8, 4) is 28.6 Å². The van der Waals surface area contributed by atoms with E-state index >= 15 is 0 Å². The fourth-order valence-electron chi connectivity index (χ4n) is 4.30. The molecule has 1 N–H and O–H groups in total. The summed E-state index contributed by atoms with van der Waals surface area (Å²) in [5, 5.41) is 7.09. The average molecular weight is 540 g/mol. The van der Waals surface area contributed by atoms with Gasteiger partial charge in [0.05, 0.1) is 46.1 Å². The van der Waals surface area contributed by atoms with E-state index in [0.717, 1.165) is 12.8 Å². The van der Waals surface area contributed by atoms with Crippen molar-refractivity contribution in [2.75, 3.05) is 46.4 Å². The van der Waals surface area contributed by atoms with Crippen molar-refractivity contribution < 1.29 is 37.8 Å². The Bertz CT molecular complexity index is 1240. The maximum absolute atomic E-state index is 13.3. The second-order valence-corrected chi connectivity index (χ2v) is 8.84. The number of carbonyl (C=O) groups is 2. The average Bonchev–Trinajstić information content (AvgIpc) is 3.65. The zero-order valence-corrected chi connectivity index (χ0v) is 22.5. The molecule has 0 unspecified atom stereocenters. The molecule has 0 radical (unpaired) electrons. The summed E-state index contributed by atoms with van der Waals surface area (Å²) in [6.07, 6.45) is 1.75. The zero-order chi connectivity index (χ0) is 27.8. The Labute approximate surface area is 226 Å². The summed E-state index contributed by atoms with van der Waals surface area (Å²) in [4.78, 5) is 26.9. The molecule has 1 fully saturated rings. The predicted molar refractivity (Wildman–Crippen MR) is 142 cm³/mol. The molecule has 1 aliphatic rings. The number of methoxy groups -OCH3 is 3. The van der Waals surface area contributed by atoms with Gasteiger partial charge in [0, 0.05) is 30.5 Å².